The van der Waals surface area contributed by atoms with E-state index in [2.05, 4.69) is 10.1 Å². The smallest absolute Gasteiger partial charge is 0.232 e. The minimum atomic E-state index is -3.09. The summed E-state index contributed by atoms with van der Waals surface area (Å²) >= 11 is 0. The lowest BCUT2D eigenvalue weighted by molar-refractivity contribution is 0.216. The SMILES string of the molecule is CCCCS(=O)(=O)N1CC(c2nc(C(C)C)no2)C1. The van der Waals surface area contributed by atoms with Crippen LogP contribution in [0.15, 0.2) is 4.52 Å². The summed E-state index contributed by atoms with van der Waals surface area (Å²) in [5.74, 6) is 1.75. The molecule has 1 aromatic rings. The Bertz CT molecular complexity index is 518. The third kappa shape index (κ3) is 3.14. The number of rotatable bonds is 6. The Kier molecular flexibility index (Phi) is 4.25. The van der Waals surface area contributed by atoms with Crippen molar-refractivity contribution < 1.29 is 12.9 Å². The lowest BCUT2D eigenvalue weighted by Crippen LogP contribution is -2.49. The quantitative estimate of drug-likeness (QED) is 0.796. The van der Waals surface area contributed by atoms with Gasteiger partial charge in [-0.15, -0.1) is 0 Å². The fourth-order valence-corrected chi connectivity index (χ4v) is 3.65. The molecule has 1 saturated heterocycles. The van der Waals surface area contributed by atoms with Crippen molar-refractivity contribution in [1.82, 2.24) is 14.4 Å². The fraction of sp³-hybridized carbons (Fsp3) is 0.833. The van der Waals surface area contributed by atoms with E-state index >= 15 is 0 Å². The predicted octanol–water partition coefficient (Wildman–Crippen LogP) is 1.72. The van der Waals surface area contributed by atoms with Crippen molar-refractivity contribution in [3.05, 3.63) is 11.7 Å². The first-order chi connectivity index (χ1) is 8.94. The minimum Gasteiger partial charge on any atom is -0.339 e. The van der Waals surface area contributed by atoms with Crippen LogP contribution in [-0.4, -0.2) is 41.7 Å². The van der Waals surface area contributed by atoms with Gasteiger partial charge in [-0.3, -0.25) is 0 Å². The van der Waals surface area contributed by atoms with Gasteiger partial charge in [-0.1, -0.05) is 32.3 Å². The van der Waals surface area contributed by atoms with Crippen LogP contribution in [-0.2, 0) is 10.0 Å². The predicted molar refractivity (Wildman–Crippen MR) is 71.4 cm³/mol. The van der Waals surface area contributed by atoms with Crippen LogP contribution in [0, 0.1) is 0 Å². The lowest BCUT2D eigenvalue weighted by Gasteiger charge is -2.35. The van der Waals surface area contributed by atoms with Gasteiger partial charge in [0.1, 0.15) is 0 Å². The third-order valence-corrected chi connectivity index (χ3v) is 5.21. The highest BCUT2D eigenvalue weighted by molar-refractivity contribution is 7.89. The monoisotopic (exact) mass is 287 g/mol. The van der Waals surface area contributed by atoms with Crippen LogP contribution in [0.3, 0.4) is 0 Å². The number of sulfonamides is 1. The number of hydrogen-bond donors (Lipinski definition) is 0. The molecule has 7 heteroatoms. The molecule has 1 fully saturated rings. The molecule has 19 heavy (non-hydrogen) atoms. The average molecular weight is 287 g/mol. The molecule has 6 nitrogen and oxygen atoms in total. The standard InChI is InChI=1S/C12H21N3O3S/c1-4-5-6-19(16,17)15-7-10(8-15)12-13-11(9(2)3)14-18-12/h9-10H,4-8H2,1-3H3. The molecule has 0 saturated carbocycles. The number of unbranched alkanes of at least 4 members (excludes halogenated alkanes) is 1. The molecule has 0 amide bonds. The molecule has 0 N–H and O–H groups in total. The Hall–Kier alpha value is -0.950. The summed E-state index contributed by atoms with van der Waals surface area (Å²) < 4.78 is 30.5. The normalized spacial score (nSPS) is 17.9. The van der Waals surface area contributed by atoms with Crippen molar-refractivity contribution in [3.63, 3.8) is 0 Å². The van der Waals surface area contributed by atoms with Crippen molar-refractivity contribution in [2.45, 2.75) is 45.4 Å². The average Bonchev–Trinajstić information content (AvgIpc) is 2.73. The fourth-order valence-electron chi connectivity index (χ4n) is 1.92. The van der Waals surface area contributed by atoms with E-state index < -0.39 is 10.0 Å². The van der Waals surface area contributed by atoms with Crippen LogP contribution in [0.5, 0.6) is 0 Å². The van der Waals surface area contributed by atoms with Gasteiger partial charge in [0, 0.05) is 19.0 Å². The molecule has 1 aromatic heterocycles. The van der Waals surface area contributed by atoms with E-state index in [1.54, 1.807) is 0 Å². The molecular weight excluding hydrogens is 266 g/mol. The van der Waals surface area contributed by atoms with Crippen LogP contribution in [0.25, 0.3) is 0 Å². The van der Waals surface area contributed by atoms with E-state index in [0.29, 0.717) is 31.2 Å². The maximum Gasteiger partial charge on any atom is 0.232 e. The van der Waals surface area contributed by atoms with Crippen LogP contribution in [0.1, 0.15) is 57.2 Å². The molecule has 0 radical (unpaired) electrons. The number of aromatic nitrogens is 2. The Morgan fingerprint density at radius 2 is 2.11 bits per heavy atom. The Labute approximate surface area is 114 Å². The highest BCUT2D eigenvalue weighted by Gasteiger charge is 2.39. The molecule has 0 aliphatic carbocycles. The van der Waals surface area contributed by atoms with Gasteiger partial charge in [0.15, 0.2) is 5.82 Å². The summed E-state index contributed by atoms with van der Waals surface area (Å²) in [6.07, 6.45) is 1.60. The van der Waals surface area contributed by atoms with Gasteiger partial charge in [-0.2, -0.15) is 4.98 Å². The number of hydrogen-bond acceptors (Lipinski definition) is 5. The summed E-state index contributed by atoms with van der Waals surface area (Å²) in [6.45, 7) is 6.91. The van der Waals surface area contributed by atoms with Gasteiger partial charge < -0.3 is 4.52 Å². The second-order valence-corrected chi connectivity index (χ2v) is 7.42. The highest BCUT2D eigenvalue weighted by Crippen LogP contribution is 2.29. The van der Waals surface area contributed by atoms with Gasteiger partial charge >= 0.3 is 0 Å². The van der Waals surface area contributed by atoms with Gasteiger partial charge in [0.2, 0.25) is 15.9 Å². The van der Waals surface area contributed by atoms with Crippen molar-refractivity contribution in [2.75, 3.05) is 18.8 Å². The molecule has 108 valence electrons. The minimum absolute atomic E-state index is 0.0522. The summed E-state index contributed by atoms with van der Waals surface area (Å²) in [7, 11) is -3.09. The summed E-state index contributed by atoms with van der Waals surface area (Å²) in [5, 5.41) is 3.90. The van der Waals surface area contributed by atoms with Crippen molar-refractivity contribution in [3.8, 4) is 0 Å². The molecule has 0 aromatic carbocycles. The van der Waals surface area contributed by atoms with Crippen molar-refractivity contribution in [2.24, 2.45) is 0 Å². The maximum absolute atomic E-state index is 11.9. The highest BCUT2D eigenvalue weighted by atomic mass is 32.2. The summed E-state index contributed by atoms with van der Waals surface area (Å²) in [5.41, 5.74) is 0. The molecule has 1 aliphatic rings. The van der Waals surface area contributed by atoms with Gasteiger partial charge in [-0.05, 0) is 6.42 Å². The maximum atomic E-state index is 11.9. The van der Waals surface area contributed by atoms with Crippen LogP contribution in [0.4, 0.5) is 0 Å². The van der Waals surface area contributed by atoms with E-state index in [4.69, 9.17) is 4.52 Å². The largest absolute Gasteiger partial charge is 0.339 e. The molecule has 0 atom stereocenters. The second kappa shape index (κ2) is 5.58. The van der Waals surface area contributed by atoms with E-state index in [1.165, 1.54) is 4.31 Å². The van der Waals surface area contributed by atoms with E-state index in [9.17, 15) is 8.42 Å². The first kappa shape index (κ1) is 14.5. The van der Waals surface area contributed by atoms with Gasteiger partial charge in [0.05, 0.1) is 11.7 Å². The van der Waals surface area contributed by atoms with Crippen LogP contribution < -0.4 is 0 Å². The topological polar surface area (TPSA) is 76.3 Å². The zero-order valence-corrected chi connectivity index (χ0v) is 12.5. The van der Waals surface area contributed by atoms with E-state index in [0.717, 1.165) is 6.42 Å². The number of nitrogens with zero attached hydrogens (tertiary/aromatic N) is 3. The third-order valence-electron chi connectivity index (χ3n) is 3.32. The zero-order chi connectivity index (χ0) is 14.0. The molecule has 0 bridgehead atoms. The van der Waals surface area contributed by atoms with E-state index in [-0.39, 0.29) is 17.6 Å². The first-order valence-electron chi connectivity index (χ1n) is 6.75. The molecular formula is C12H21N3O3S. The van der Waals surface area contributed by atoms with Gasteiger partial charge in [-0.25, -0.2) is 12.7 Å². The van der Waals surface area contributed by atoms with Gasteiger partial charge in [0.25, 0.3) is 0 Å². The van der Waals surface area contributed by atoms with Crippen LogP contribution in [0.2, 0.25) is 0 Å². The summed E-state index contributed by atoms with van der Waals surface area (Å²) in [4.78, 5) is 4.31. The molecule has 1 aliphatic heterocycles. The zero-order valence-electron chi connectivity index (χ0n) is 11.7. The van der Waals surface area contributed by atoms with Crippen molar-refractivity contribution >= 4 is 10.0 Å². The van der Waals surface area contributed by atoms with Crippen molar-refractivity contribution in [1.29, 1.82) is 0 Å². The molecule has 0 unspecified atom stereocenters. The molecule has 2 heterocycles. The van der Waals surface area contributed by atoms with Crippen LogP contribution >= 0.6 is 0 Å². The summed E-state index contributed by atoms with van der Waals surface area (Å²) in [6, 6.07) is 0. The lowest BCUT2D eigenvalue weighted by atomic mass is 10.0. The second-order valence-electron chi connectivity index (χ2n) is 5.33. The Balaban J connectivity index is 1.92. The van der Waals surface area contributed by atoms with E-state index in [1.807, 2.05) is 20.8 Å². The first-order valence-corrected chi connectivity index (χ1v) is 8.36. The molecule has 0 spiro atoms. The Morgan fingerprint density at radius 1 is 1.42 bits per heavy atom. The Morgan fingerprint density at radius 3 is 2.63 bits per heavy atom. The molecule has 2 rings (SSSR count).